The zero-order chi connectivity index (χ0) is 23.0. The molecule has 1 aliphatic rings. The van der Waals surface area contributed by atoms with E-state index in [0.717, 1.165) is 28.4 Å². The van der Waals surface area contributed by atoms with E-state index in [2.05, 4.69) is 10.2 Å². The number of furan rings is 1. The zero-order valence-corrected chi connectivity index (χ0v) is 19.1. The number of benzene rings is 2. The average molecular weight is 472 g/mol. The highest BCUT2D eigenvalue weighted by molar-refractivity contribution is 7.98. The predicted octanol–water partition coefficient (Wildman–Crippen LogP) is 4.91. The van der Waals surface area contributed by atoms with E-state index in [0.29, 0.717) is 32.7 Å². The molecule has 0 unspecified atom stereocenters. The van der Waals surface area contributed by atoms with Crippen LogP contribution < -0.4 is 5.32 Å². The van der Waals surface area contributed by atoms with Crippen molar-refractivity contribution in [1.82, 2.24) is 15.1 Å². The number of carbonyl (C=O) groups is 1. The Kier molecular flexibility index (Phi) is 8.01. The second-order valence-electron chi connectivity index (χ2n) is 7.89. The molecule has 0 aliphatic carbocycles. The van der Waals surface area contributed by atoms with Crippen LogP contribution in [0.2, 0.25) is 0 Å². The van der Waals surface area contributed by atoms with Gasteiger partial charge >= 0.3 is 6.03 Å². The average Bonchev–Trinajstić information content (AvgIpc) is 3.35. The molecule has 1 N–H and O–H groups in total. The van der Waals surface area contributed by atoms with E-state index in [9.17, 15) is 13.6 Å². The molecular weight excluding hydrogens is 444 g/mol. The molecule has 1 aliphatic heterocycles. The molecule has 0 saturated carbocycles. The first-order valence-corrected chi connectivity index (χ1v) is 12.1. The minimum Gasteiger partial charge on any atom is -0.468 e. The Labute approximate surface area is 196 Å². The molecule has 8 heteroatoms. The van der Waals surface area contributed by atoms with Crippen molar-refractivity contribution in [3.63, 3.8) is 0 Å². The van der Waals surface area contributed by atoms with Crippen LogP contribution in [0.4, 0.5) is 13.6 Å². The molecule has 174 valence electrons. The number of nitrogens with zero attached hydrogens (tertiary/aromatic N) is 2. The molecule has 2 amide bonds. The van der Waals surface area contributed by atoms with Crippen molar-refractivity contribution in [3.05, 3.63) is 95.4 Å². The third-order valence-corrected chi connectivity index (χ3v) is 6.67. The van der Waals surface area contributed by atoms with Crippen LogP contribution in [0, 0.1) is 11.6 Å². The third-order valence-electron chi connectivity index (χ3n) is 5.69. The molecular formula is C25H27F2N3O2S. The van der Waals surface area contributed by atoms with Gasteiger partial charge in [0.05, 0.1) is 18.1 Å². The van der Waals surface area contributed by atoms with Crippen LogP contribution in [0.1, 0.15) is 22.9 Å². The van der Waals surface area contributed by atoms with Gasteiger partial charge in [0.1, 0.15) is 17.4 Å². The Bertz CT molecular complexity index is 960. The summed E-state index contributed by atoms with van der Waals surface area (Å²) in [5, 5.41) is 2.99. The molecule has 5 nitrogen and oxygen atoms in total. The first kappa shape index (κ1) is 23.3. The fourth-order valence-electron chi connectivity index (χ4n) is 4.00. The standard InChI is InChI=1S/C25H27F2N3O2S/c26-21-7-3-19(4-8-21)24(20-5-9-22(27)10-6-20)29-12-14-30(15-13-29)25(31)28-11-17-33-18-23-2-1-16-32-23/h1-10,16,24H,11-15,17-18H2,(H,28,31). The molecule has 33 heavy (non-hydrogen) atoms. The van der Waals surface area contributed by atoms with Crippen LogP contribution >= 0.6 is 11.8 Å². The van der Waals surface area contributed by atoms with E-state index < -0.39 is 0 Å². The highest BCUT2D eigenvalue weighted by Crippen LogP contribution is 2.30. The van der Waals surface area contributed by atoms with Gasteiger partial charge in [0.25, 0.3) is 0 Å². The molecule has 3 aromatic rings. The number of hydrogen-bond donors (Lipinski definition) is 1. The monoisotopic (exact) mass is 471 g/mol. The highest BCUT2D eigenvalue weighted by Gasteiger charge is 2.28. The third kappa shape index (κ3) is 6.36. The number of rotatable bonds is 8. The maximum Gasteiger partial charge on any atom is 0.317 e. The maximum absolute atomic E-state index is 13.5. The van der Waals surface area contributed by atoms with Crippen molar-refractivity contribution in [2.45, 2.75) is 11.8 Å². The number of halogens is 2. The molecule has 1 aromatic heterocycles. The van der Waals surface area contributed by atoms with Gasteiger partial charge < -0.3 is 14.6 Å². The van der Waals surface area contributed by atoms with Gasteiger partial charge in [-0.25, -0.2) is 13.6 Å². The number of nitrogens with one attached hydrogen (secondary N) is 1. The van der Waals surface area contributed by atoms with E-state index in [4.69, 9.17) is 4.42 Å². The SMILES string of the molecule is O=C(NCCSCc1ccco1)N1CCN(C(c2ccc(F)cc2)c2ccc(F)cc2)CC1. The number of hydrogen-bond acceptors (Lipinski definition) is 4. The Morgan fingerprint density at radius 1 is 0.939 bits per heavy atom. The maximum atomic E-state index is 13.5. The van der Waals surface area contributed by atoms with Gasteiger partial charge in [0, 0.05) is 38.5 Å². The van der Waals surface area contributed by atoms with Gasteiger partial charge in [0.15, 0.2) is 0 Å². The van der Waals surface area contributed by atoms with Crippen molar-refractivity contribution < 1.29 is 18.0 Å². The fourth-order valence-corrected chi connectivity index (χ4v) is 4.75. The van der Waals surface area contributed by atoms with Crippen LogP contribution in [0.3, 0.4) is 0 Å². The lowest BCUT2D eigenvalue weighted by Crippen LogP contribution is -2.52. The Balaban J connectivity index is 1.30. The van der Waals surface area contributed by atoms with Crippen LogP contribution in [0.5, 0.6) is 0 Å². The van der Waals surface area contributed by atoms with Crippen molar-refractivity contribution in [2.75, 3.05) is 38.5 Å². The first-order valence-electron chi connectivity index (χ1n) is 11.0. The van der Waals surface area contributed by atoms with Gasteiger partial charge in [-0.1, -0.05) is 24.3 Å². The van der Waals surface area contributed by atoms with Crippen molar-refractivity contribution in [1.29, 1.82) is 0 Å². The molecule has 2 heterocycles. The number of carbonyl (C=O) groups excluding carboxylic acids is 1. The minimum atomic E-state index is -0.291. The predicted molar refractivity (Wildman–Crippen MR) is 126 cm³/mol. The lowest BCUT2D eigenvalue weighted by Gasteiger charge is -2.39. The largest absolute Gasteiger partial charge is 0.468 e. The molecule has 2 aromatic carbocycles. The summed E-state index contributed by atoms with van der Waals surface area (Å²) in [4.78, 5) is 16.6. The van der Waals surface area contributed by atoms with Crippen molar-refractivity contribution in [3.8, 4) is 0 Å². The second-order valence-corrected chi connectivity index (χ2v) is 9.00. The summed E-state index contributed by atoms with van der Waals surface area (Å²) < 4.78 is 32.3. The van der Waals surface area contributed by atoms with Gasteiger partial charge in [0.2, 0.25) is 0 Å². The minimum absolute atomic E-state index is 0.0617. The zero-order valence-electron chi connectivity index (χ0n) is 18.3. The highest BCUT2D eigenvalue weighted by atomic mass is 32.2. The van der Waals surface area contributed by atoms with Gasteiger partial charge in [-0.15, -0.1) is 0 Å². The number of piperazine rings is 1. The van der Waals surface area contributed by atoms with Crippen molar-refractivity contribution >= 4 is 17.8 Å². The molecule has 0 spiro atoms. The quantitative estimate of drug-likeness (QED) is 0.475. The lowest BCUT2D eigenvalue weighted by atomic mass is 9.96. The summed E-state index contributed by atoms with van der Waals surface area (Å²) in [7, 11) is 0. The molecule has 4 rings (SSSR count). The Morgan fingerprint density at radius 3 is 2.09 bits per heavy atom. The van der Waals surface area contributed by atoms with E-state index in [-0.39, 0.29) is 23.7 Å². The van der Waals surface area contributed by atoms with Crippen LogP contribution in [-0.4, -0.2) is 54.3 Å². The molecule has 1 saturated heterocycles. The first-order chi connectivity index (χ1) is 16.1. The Hall–Kier alpha value is -2.84. The van der Waals surface area contributed by atoms with Crippen LogP contribution in [-0.2, 0) is 5.75 Å². The van der Waals surface area contributed by atoms with Gasteiger partial charge in [-0.3, -0.25) is 4.90 Å². The van der Waals surface area contributed by atoms with Gasteiger partial charge in [-0.05, 0) is 47.5 Å². The summed E-state index contributed by atoms with van der Waals surface area (Å²) in [6, 6.07) is 16.5. The van der Waals surface area contributed by atoms with Crippen LogP contribution in [0.15, 0.2) is 71.3 Å². The summed E-state index contributed by atoms with van der Waals surface area (Å²) in [5.74, 6) is 1.94. The van der Waals surface area contributed by atoms with E-state index in [1.807, 2.05) is 17.0 Å². The number of thioether (sulfide) groups is 1. The van der Waals surface area contributed by atoms with Crippen molar-refractivity contribution in [2.24, 2.45) is 0 Å². The second kappa shape index (κ2) is 11.3. The molecule has 0 radical (unpaired) electrons. The lowest BCUT2D eigenvalue weighted by molar-refractivity contribution is 0.120. The van der Waals surface area contributed by atoms with Crippen LogP contribution in [0.25, 0.3) is 0 Å². The summed E-state index contributed by atoms with van der Waals surface area (Å²) in [6.07, 6.45) is 1.66. The van der Waals surface area contributed by atoms with E-state index in [1.54, 1.807) is 42.3 Å². The number of amides is 2. The van der Waals surface area contributed by atoms with E-state index in [1.165, 1.54) is 24.3 Å². The smallest absolute Gasteiger partial charge is 0.317 e. The molecule has 1 fully saturated rings. The fraction of sp³-hybridized carbons (Fsp3) is 0.320. The van der Waals surface area contributed by atoms with Gasteiger partial charge in [-0.2, -0.15) is 11.8 Å². The Morgan fingerprint density at radius 2 is 1.55 bits per heavy atom. The summed E-state index contributed by atoms with van der Waals surface area (Å²) in [6.45, 7) is 3.10. The number of urea groups is 1. The summed E-state index contributed by atoms with van der Waals surface area (Å²) in [5.41, 5.74) is 1.88. The summed E-state index contributed by atoms with van der Waals surface area (Å²) >= 11 is 1.71. The topological polar surface area (TPSA) is 48.7 Å². The normalized spacial score (nSPS) is 14.6. The molecule has 0 bridgehead atoms. The molecule has 0 atom stereocenters. The van der Waals surface area contributed by atoms with E-state index >= 15 is 0 Å².